The van der Waals surface area contributed by atoms with Crippen LogP contribution in [-0.4, -0.2) is 4.98 Å². The van der Waals surface area contributed by atoms with Crippen LogP contribution in [-0.2, 0) is 6.18 Å². The number of alkyl halides is 3. The van der Waals surface area contributed by atoms with E-state index < -0.39 is 11.7 Å². The molecule has 0 spiro atoms. The standard InChI is InChI=1S/C36H22F3NO/c37-36(38,39)28-7-5-6-27(22-28)25-14-12-23(13-15-25)24-16-18-26(19-17-24)29-20-21-32(31-9-2-1-8-30(29)31)35-40-33-10-3-4-11-34(33)41-35/h1-22H. The van der Waals surface area contributed by atoms with Crippen LogP contribution < -0.4 is 0 Å². The lowest BCUT2D eigenvalue weighted by atomic mass is 9.93. The van der Waals surface area contributed by atoms with Crippen LogP contribution in [0.2, 0.25) is 0 Å². The summed E-state index contributed by atoms with van der Waals surface area (Å²) in [7, 11) is 0. The Morgan fingerprint density at radius 2 is 1.05 bits per heavy atom. The van der Waals surface area contributed by atoms with Crippen molar-refractivity contribution < 1.29 is 17.6 Å². The minimum Gasteiger partial charge on any atom is -0.436 e. The molecular formula is C36H22F3NO. The van der Waals surface area contributed by atoms with Crippen LogP contribution in [0.15, 0.2) is 138 Å². The zero-order valence-corrected chi connectivity index (χ0v) is 21.7. The molecule has 7 rings (SSSR count). The SMILES string of the molecule is FC(F)(F)c1cccc(-c2ccc(-c3ccc(-c4ccc(-c5nc6ccccc6o5)c5ccccc45)cc3)cc2)c1. The van der Waals surface area contributed by atoms with Gasteiger partial charge >= 0.3 is 6.18 Å². The molecule has 0 saturated heterocycles. The highest BCUT2D eigenvalue weighted by Gasteiger charge is 2.30. The number of rotatable bonds is 4. The molecule has 0 aliphatic carbocycles. The average Bonchev–Trinajstić information content (AvgIpc) is 3.45. The maximum atomic E-state index is 13.1. The maximum Gasteiger partial charge on any atom is 0.416 e. The molecule has 0 atom stereocenters. The van der Waals surface area contributed by atoms with Crippen LogP contribution in [0.25, 0.3) is 66.7 Å². The van der Waals surface area contributed by atoms with E-state index in [2.05, 4.69) is 48.5 Å². The molecule has 7 aromatic rings. The Bertz CT molecular complexity index is 1990. The van der Waals surface area contributed by atoms with Gasteiger partial charge in [0.15, 0.2) is 5.58 Å². The number of hydrogen-bond donors (Lipinski definition) is 0. The number of fused-ring (bicyclic) bond motifs is 2. The Hall–Kier alpha value is -5.16. The van der Waals surface area contributed by atoms with Gasteiger partial charge in [0.05, 0.1) is 5.56 Å². The van der Waals surface area contributed by atoms with E-state index in [1.807, 2.05) is 60.7 Å². The third-order valence-electron chi connectivity index (χ3n) is 7.39. The van der Waals surface area contributed by atoms with Crippen molar-refractivity contribution in [2.75, 3.05) is 0 Å². The quantitative estimate of drug-likeness (QED) is 0.222. The Morgan fingerprint density at radius 1 is 0.488 bits per heavy atom. The maximum absolute atomic E-state index is 13.1. The predicted octanol–water partition coefficient (Wildman–Crippen LogP) is 10.7. The highest BCUT2D eigenvalue weighted by atomic mass is 19.4. The summed E-state index contributed by atoms with van der Waals surface area (Å²) in [5.74, 6) is 0.595. The van der Waals surface area contributed by atoms with Gasteiger partial charge in [0.25, 0.3) is 0 Å². The third kappa shape index (κ3) is 4.66. The molecule has 198 valence electrons. The second-order valence-electron chi connectivity index (χ2n) is 9.93. The van der Waals surface area contributed by atoms with Gasteiger partial charge in [-0.3, -0.25) is 0 Å². The smallest absolute Gasteiger partial charge is 0.416 e. The molecular weight excluding hydrogens is 519 g/mol. The lowest BCUT2D eigenvalue weighted by Gasteiger charge is -2.11. The number of benzene rings is 6. The first kappa shape index (κ1) is 24.9. The fourth-order valence-electron chi connectivity index (χ4n) is 5.30. The summed E-state index contributed by atoms with van der Waals surface area (Å²) >= 11 is 0. The molecule has 0 aliphatic rings. The molecule has 0 N–H and O–H groups in total. The first-order chi connectivity index (χ1) is 19.9. The number of para-hydroxylation sites is 2. The number of nitrogens with zero attached hydrogens (tertiary/aromatic N) is 1. The van der Waals surface area contributed by atoms with Crippen LogP contribution in [0, 0.1) is 0 Å². The van der Waals surface area contributed by atoms with Crippen LogP contribution in [0.3, 0.4) is 0 Å². The van der Waals surface area contributed by atoms with Gasteiger partial charge in [0, 0.05) is 5.56 Å². The highest BCUT2D eigenvalue weighted by molar-refractivity contribution is 6.04. The third-order valence-corrected chi connectivity index (χ3v) is 7.39. The van der Waals surface area contributed by atoms with Crippen LogP contribution in [0.5, 0.6) is 0 Å². The van der Waals surface area contributed by atoms with Gasteiger partial charge in [-0.15, -0.1) is 0 Å². The van der Waals surface area contributed by atoms with Crippen LogP contribution in [0.4, 0.5) is 13.2 Å². The zero-order chi connectivity index (χ0) is 28.0. The highest BCUT2D eigenvalue weighted by Crippen LogP contribution is 2.37. The van der Waals surface area contributed by atoms with Gasteiger partial charge < -0.3 is 4.42 Å². The Kier molecular flexibility index (Phi) is 5.93. The number of aromatic nitrogens is 1. The van der Waals surface area contributed by atoms with Gasteiger partial charge in [-0.2, -0.15) is 13.2 Å². The molecule has 0 fully saturated rings. The van der Waals surface area contributed by atoms with Crippen molar-refractivity contribution in [3.05, 3.63) is 139 Å². The molecule has 0 amide bonds. The summed E-state index contributed by atoms with van der Waals surface area (Å²) in [6.45, 7) is 0. The van der Waals surface area contributed by atoms with Crippen molar-refractivity contribution in [3.63, 3.8) is 0 Å². The monoisotopic (exact) mass is 541 g/mol. The van der Waals surface area contributed by atoms with Crippen molar-refractivity contribution in [1.82, 2.24) is 4.98 Å². The van der Waals surface area contributed by atoms with Crippen molar-refractivity contribution in [3.8, 4) is 44.8 Å². The topological polar surface area (TPSA) is 26.0 Å². The van der Waals surface area contributed by atoms with Gasteiger partial charge in [-0.05, 0) is 74.5 Å². The largest absolute Gasteiger partial charge is 0.436 e. The minimum absolute atomic E-state index is 0.537. The fraction of sp³-hybridized carbons (Fsp3) is 0.0278. The van der Waals surface area contributed by atoms with Crippen molar-refractivity contribution in [2.45, 2.75) is 6.18 Å². The lowest BCUT2D eigenvalue weighted by Crippen LogP contribution is -2.04. The van der Waals surface area contributed by atoms with E-state index in [9.17, 15) is 13.2 Å². The van der Waals surface area contributed by atoms with Crippen molar-refractivity contribution in [1.29, 1.82) is 0 Å². The molecule has 0 aliphatic heterocycles. The lowest BCUT2D eigenvalue weighted by molar-refractivity contribution is -0.137. The minimum atomic E-state index is -4.37. The first-order valence-electron chi connectivity index (χ1n) is 13.2. The van der Waals surface area contributed by atoms with E-state index in [4.69, 9.17) is 9.40 Å². The molecule has 0 radical (unpaired) electrons. The van der Waals surface area contributed by atoms with E-state index in [0.29, 0.717) is 11.5 Å². The molecule has 1 aromatic heterocycles. The summed E-state index contributed by atoms with van der Waals surface area (Å²) in [5.41, 5.74) is 7.35. The number of hydrogen-bond acceptors (Lipinski definition) is 2. The summed E-state index contributed by atoms with van der Waals surface area (Å²) in [6.07, 6.45) is -4.37. The van der Waals surface area contributed by atoms with E-state index in [-0.39, 0.29) is 0 Å². The van der Waals surface area contributed by atoms with Gasteiger partial charge in [0.1, 0.15) is 5.52 Å². The molecule has 0 unspecified atom stereocenters. The predicted molar refractivity (Wildman–Crippen MR) is 158 cm³/mol. The van der Waals surface area contributed by atoms with Crippen molar-refractivity contribution >= 4 is 21.9 Å². The zero-order valence-electron chi connectivity index (χ0n) is 21.7. The number of oxazole rings is 1. The summed E-state index contributed by atoms with van der Waals surface area (Å²) in [6, 6.07) is 41.5. The normalized spacial score (nSPS) is 11.8. The summed E-state index contributed by atoms with van der Waals surface area (Å²) in [5, 5.41) is 2.16. The van der Waals surface area contributed by atoms with E-state index in [0.717, 1.165) is 61.3 Å². The number of halogens is 3. The molecule has 1 heterocycles. The molecule has 41 heavy (non-hydrogen) atoms. The average molecular weight is 542 g/mol. The van der Waals surface area contributed by atoms with Gasteiger partial charge in [0.2, 0.25) is 5.89 Å². The molecule has 0 saturated carbocycles. The second-order valence-corrected chi connectivity index (χ2v) is 9.93. The van der Waals surface area contributed by atoms with E-state index >= 15 is 0 Å². The second kappa shape index (κ2) is 9.79. The van der Waals surface area contributed by atoms with E-state index in [1.54, 1.807) is 6.07 Å². The van der Waals surface area contributed by atoms with E-state index in [1.165, 1.54) is 12.1 Å². The molecule has 0 bridgehead atoms. The fourth-order valence-corrected chi connectivity index (χ4v) is 5.30. The van der Waals surface area contributed by atoms with Gasteiger partial charge in [-0.25, -0.2) is 4.98 Å². The van der Waals surface area contributed by atoms with Crippen molar-refractivity contribution in [2.24, 2.45) is 0 Å². The molecule has 6 aromatic carbocycles. The van der Waals surface area contributed by atoms with Crippen LogP contribution in [0.1, 0.15) is 5.56 Å². The van der Waals surface area contributed by atoms with Crippen LogP contribution >= 0.6 is 0 Å². The Labute approximate surface area is 234 Å². The van der Waals surface area contributed by atoms with Gasteiger partial charge in [-0.1, -0.05) is 103 Å². The summed E-state index contributed by atoms with van der Waals surface area (Å²) < 4.78 is 45.5. The molecule has 5 heteroatoms. The Balaban J connectivity index is 1.20. The summed E-state index contributed by atoms with van der Waals surface area (Å²) in [4.78, 5) is 4.70. The molecule has 2 nitrogen and oxygen atoms in total. The first-order valence-corrected chi connectivity index (χ1v) is 13.2. The Morgan fingerprint density at radius 3 is 1.71 bits per heavy atom.